The number of nitrogens with one attached hydrogen (secondary N) is 1. The van der Waals surface area contributed by atoms with Gasteiger partial charge < -0.3 is 5.32 Å². The molecule has 0 amide bonds. The van der Waals surface area contributed by atoms with Crippen LogP contribution in [0.5, 0.6) is 0 Å². The van der Waals surface area contributed by atoms with Gasteiger partial charge >= 0.3 is 0 Å². The zero-order valence-electron chi connectivity index (χ0n) is 8.61. The van der Waals surface area contributed by atoms with E-state index in [9.17, 15) is 4.39 Å². The van der Waals surface area contributed by atoms with Crippen molar-refractivity contribution in [2.45, 2.75) is 6.54 Å². The normalized spacial score (nSPS) is 10.4. The lowest BCUT2D eigenvalue weighted by molar-refractivity contribution is 0.629. The number of hydrogen-bond acceptors (Lipinski definition) is 3. The summed E-state index contributed by atoms with van der Waals surface area (Å²) in [7, 11) is 1.78. The Morgan fingerprint density at radius 3 is 3.00 bits per heavy atom. The molecule has 6 heteroatoms. The standard InChI is InChI=1S/C10H10ClFN4/c1-16-7(6-14-15-16)5-13-9-4-2-3-8(11)10(9)12/h2-4,6,13H,5H2,1H3. The van der Waals surface area contributed by atoms with E-state index in [4.69, 9.17) is 11.6 Å². The van der Waals surface area contributed by atoms with Gasteiger partial charge in [0.25, 0.3) is 0 Å². The summed E-state index contributed by atoms with van der Waals surface area (Å²) in [6.45, 7) is 0.445. The smallest absolute Gasteiger partial charge is 0.164 e. The molecule has 1 N–H and O–H groups in total. The van der Waals surface area contributed by atoms with E-state index in [0.717, 1.165) is 5.69 Å². The van der Waals surface area contributed by atoms with E-state index < -0.39 is 5.82 Å². The van der Waals surface area contributed by atoms with Crippen molar-refractivity contribution in [2.75, 3.05) is 5.32 Å². The number of aryl methyl sites for hydroxylation is 1. The fraction of sp³-hybridized carbons (Fsp3) is 0.200. The minimum atomic E-state index is -0.445. The maximum Gasteiger partial charge on any atom is 0.164 e. The van der Waals surface area contributed by atoms with Crippen LogP contribution in [0.25, 0.3) is 0 Å². The molecule has 2 aromatic rings. The second-order valence-electron chi connectivity index (χ2n) is 3.30. The molecule has 0 fully saturated rings. The molecular formula is C10H10ClFN4. The van der Waals surface area contributed by atoms with E-state index in [2.05, 4.69) is 15.6 Å². The Labute approximate surface area is 97.0 Å². The Balaban J connectivity index is 2.11. The highest BCUT2D eigenvalue weighted by molar-refractivity contribution is 6.31. The Morgan fingerprint density at radius 1 is 1.50 bits per heavy atom. The van der Waals surface area contributed by atoms with E-state index >= 15 is 0 Å². The van der Waals surface area contributed by atoms with Gasteiger partial charge in [-0.15, -0.1) is 5.10 Å². The second-order valence-corrected chi connectivity index (χ2v) is 3.71. The van der Waals surface area contributed by atoms with Gasteiger partial charge in [-0.1, -0.05) is 22.9 Å². The number of benzene rings is 1. The summed E-state index contributed by atoms with van der Waals surface area (Å²) in [5.41, 5.74) is 1.23. The predicted molar refractivity (Wildman–Crippen MR) is 59.7 cm³/mol. The molecule has 16 heavy (non-hydrogen) atoms. The molecule has 2 rings (SSSR count). The molecule has 84 valence electrons. The summed E-state index contributed by atoms with van der Waals surface area (Å²) in [5.74, 6) is -0.445. The largest absolute Gasteiger partial charge is 0.377 e. The molecule has 1 aromatic carbocycles. The van der Waals surface area contributed by atoms with E-state index in [0.29, 0.717) is 12.2 Å². The van der Waals surface area contributed by atoms with Gasteiger partial charge in [-0.3, -0.25) is 4.68 Å². The third-order valence-corrected chi connectivity index (χ3v) is 2.51. The van der Waals surface area contributed by atoms with Gasteiger partial charge in [-0.05, 0) is 12.1 Å². The van der Waals surface area contributed by atoms with Crippen molar-refractivity contribution in [1.29, 1.82) is 0 Å². The van der Waals surface area contributed by atoms with Crippen LogP contribution < -0.4 is 5.32 Å². The average molecular weight is 241 g/mol. The molecule has 0 bridgehead atoms. The van der Waals surface area contributed by atoms with Crippen molar-refractivity contribution < 1.29 is 4.39 Å². The molecular weight excluding hydrogens is 231 g/mol. The van der Waals surface area contributed by atoms with Gasteiger partial charge in [-0.25, -0.2) is 4.39 Å². The van der Waals surface area contributed by atoms with Gasteiger partial charge in [0.2, 0.25) is 0 Å². The van der Waals surface area contributed by atoms with Gasteiger partial charge in [0.1, 0.15) is 0 Å². The quantitative estimate of drug-likeness (QED) is 0.895. The lowest BCUT2D eigenvalue weighted by Crippen LogP contribution is -2.06. The molecule has 1 aromatic heterocycles. The van der Waals surface area contributed by atoms with Crippen LogP contribution >= 0.6 is 11.6 Å². The number of anilines is 1. The SMILES string of the molecule is Cn1nncc1CNc1cccc(Cl)c1F. The van der Waals surface area contributed by atoms with Crippen LogP contribution in [0, 0.1) is 5.82 Å². The van der Waals surface area contributed by atoms with E-state index in [1.807, 2.05) is 0 Å². The molecule has 0 atom stereocenters. The molecule has 1 heterocycles. The summed E-state index contributed by atoms with van der Waals surface area (Å²) in [4.78, 5) is 0. The highest BCUT2D eigenvalue weighted by atomic mass is 35.5. The number of nitrogens with zero attached hydrogens (tertiary/aromatic N) is 3. The number of rotatable bonds is 3. The van der Waals surface area contributed by atoms with E-state index in [1.165, 1.54) is 6.07 Å². The first kappa shape index (κ1) is 10.9. The monoisotopic (exact) mass is 240 g/mol. The first-order chi connectivity index (χ1) is 7.68. The zero-order chi connectivity index (χ0) is 11.5. The number of aromatic nitrogens is 3. The topological polar surface area (TPSA) is 42.7 Å². The second kappa shape index (κ2) is 4.49. The third-order valence-electron chi connectivity index (χ3n) is 2.22. The number of halogens is 2. The van der Waals surface area contributed by atoms with Gasteiger partial charge in [0.05, 0.1) is 29.1 Å². The van der Waals surface area contributed by atoms with Crippen LogP contribution in [-0.4, -0.2) is 15.0 Å². The van der Waals surface area contributed by atoms with Gasteiger partial charge in [0.15, 0.2) is 5.82 Å². The van der Waals surface area contributed by atoms with Crippen molar-refractivity contribution >= 4 is 17.3 Å². The lowest BCUT2D eigenvalue weighted by atomic mass is 10.3. The molecule has 0 saturated carbocycles. The van der Waals surface area contributed by atoms with Crippen LogP contribution in [0.4, 0.5) is 10.1 Å². The maximum absolute atomic E-state index is 13.5. The molecule has 0 unspecified atom stereocenters. The van der Waals surface area contributed by atoms with Crippen molar-refractivity contribution in [3.8, 4) is 0 Å². The molecule has 0 spiro atoms. The van der Waals surface area contributed by atoms with Crippen LogP contribution in [0.1, 0.15) is 5.69 Å². The summed E-state index contributed by atoms with van der Waals surface area (Å²) in [5, 5.41) is 10.5. The van der Waals surface area contributed by atoms with Crippen LogP contribution in [0.2, 0.25) is 5.02 Å². The molecule has 4 nitrogen and oxygen atoms in total. The summed E-state index contributed by atoms with van der Waals surface area (Å²) >= 11 is 5.66. The Morgan fingerprint density at radius 2 is 2.31 bits per heavy atom. The van der Waals surface area contributed by atoms with Crippen LogP contribution in [0.15, 0.2) is 24.4 Å². The first-order valence-corrected chi connectivity index (χ1v) is 5.07. The Hall–Kier alpha value is -1.62. The molecule has 0 aliphatic carbocycles. The minimum absolute atomic E-state index is 0.105. The minimum Gasteiger partial charge on any atom is -0.377 e. The summed E-state index contributed by atoms with van der Waals surface area (Å²) in [6.07, 6.45) is 1.62. The van der Waals surface area contributed by atoms with Crippen molar-refractivity contribution in [3.05, 3.63) is 40.9 Å². The molecule has 0 aliphatic rings. The third kappa shape index (κ3) is 2.14. The Kier molecular flexibility index (Phi) is 3.05. The van der Waals surface area contributed by atoms with E-state index in [1.54, 1.807) is 30.1 Å². The fourth-order valence-electron chi connectivity index (χ4n) is 1.30. The van der Waals surface area contributed by atoms with Crippen LogP contribution in [-0.2, 0) is 13.6 Å². The first-order valence-electron chi connectivity index (χ1n) is 4.70. The lowest BCUT2D eigenvalue weighted by Gasteiger charge is -2.07. The van der Waals surface area contributed by atoms with Crippen molar-refractivity contribution in [1.82, 2.24) is 15.0 Å². The van der Waals surface area contributed by atoms with Gasteiger partial charge in [0, 0.05) is 7.05 Å². The number of hydrogen-bond donors (Lipinski definition) is 1. The van der Waals surface area contributed by atoms with E-state index in [-0.39, 0.29) is 5.02 Å². The van der Waals surface area contributed by atoms with Crippen LogP contribution in [0.3, 0.4) is 0 Å². The summed E-state index contributed by atoms with van der Waals surface area (Å²) < 4.78 is 15.1. The predicted octanol–water partition coefficient (Wildman–Crippen LogP) is 2.22. The average Bonchev–Trinajstić information content (AvgIpc) is 2.67. The maximum atomic E-state index is 13.5. The highest BCUT2D eigenvalue weighted by Gasteiger charge is 2.06. The molecule has 0 aliphatic heterocycles. The zero-order valence-corrected chi connectivity index (χ0v) is 9.37. The molecule has 0 radical (unpaired) electrons. The van der Waals surface area contributed by atoms with Crippen molar-refractivity contribution in [2.24, 2.45) is 7.05 Å². The Bertz CT molecular complexity index is 497. The van der Waals surface area contributed by atoms with Gasteiger partial charge in [-0.2, -0.15) is 0 Å². The van der Waals surface area contributed by atoms with Crippen molar-refractivity contribution in [3.63, 3.8) is 0 Å². The summed E-state index contributed by atoms with van der Waals surface area (Å²) in [6, 6.07) is 4.83. The highest BCUT2D eigenvalue weighted by Crippen LogP contribution is 2.22. The fourth-order valence-corrected chi connectivity index (χ4v) is 1.47. The molecule has 0 saturated heterocycles.